The zero-order chi connectivity index (χ0) is 19.1. The predicted octanol–water partition coefficient (Wildman–Crippen LogP) is -0.529. The van der Waals surface area contributed by atoms with Crippen LogP contribution in [0, 0.1) is 5.82 Å². The Morgan fingerprint density at radius 3 is 2.65 bits per heavy atom. The number of benzene rings is 1. The molecule has 2 saturated heterocycles. The molecule has 11 heteroatoms. The van der Waals surface area contributed by atoms with Gasteiger partial charge >= 0.3 is 10.1 Å². The molecule has 3 rings (SSSR count). The molecule has 2 N–H and O–H groups in total. The predicted molar refractivity (Wildman–Crippen MR) is 90.9 cm³/mol. The lowest BCUT2D eigenvalue weighted by Gasteiger charge is -2.28. The summed E-state index contributed by atoms with van der Waals surface area (Å²) in [7, 11) is -2.91. The van der Waals surface area contributed by atoms with Crippen LogP contribution in [0.4, 0.5) is 15.8 Å². The zero-order valence-electron chi connectivity index (χ0n) is 14.0. The number of halogens is 1. The summed E-state index contributed by atoms with van der Waals surface area (Å²) < 4.78 is 52.7. The SMILES string of the molecule is CN1CCN(c2ccc(N3C[C@H](CO)OC3C=O)cc2F)C1S(=O)(=O)O. The number of aliphatic hydroxyl groups excluding tert-OH is 1. The molecule has 0 radical (unpaired) electrons. The largest absolute Gasteiger partial charge is 0.394 e. The van der Waals surface area contributed by atoms with Crippen LogP contribution in [0.15, 0.2) is 18.2 Å². The highest BCUT2D eigenvalue weighted by Gasteiger charge is 2.40. The average Bonchev–Trinajstić information content (AvgIpc) is 3.17. The Morgan fingerprint density at radius 1 is 1.35 bits per heavy atom. The molecule has 2 aliphatic rings. The molecule has 2 fully saturated rings. The summed E-state index contributed by atoms with van der Waals surface area (Å²) >= 11 is 0. The van der Waals surface area contributed by atoms with E-state index >= 15 is 0 Å². The number of carbonyl (C=O) groups excluding carboxylic acids is 1. The minimum absolute atomic E-state index is 0.0298. The molecule has 26 heavy (non-hydrogen) atoms. The number of aliphatic hydroxyl groups is 1. The average molecular weight is 389 g/mol. The molecule has 1 aromatic carbocycles. The van der Waals surface area contributed by atoms with Crippen molar-refractivity contribution in [2.45, 2.75) is 17.8 Å². The maximum absolute atomic E-state index is 14.7. The highest BCUT2D eigenvalue weighted by Crippen LogP contribution is 2.32. The lowest BCUT2D eigenvalue weighted by molar-refractivity contribution is -0.117. The number of likely N-dealkylation sites (N-methyl/N-ethyl adjacent to an activating group) is 1. The number of aldehydes is 1. The molecule has 3 atom stereocenters. The second kappa shape index (κ2) is 7.08. The van der Waals surface area contributed by atoms with Gasteiger partial charge in [0.1, 0.15) is 11.9 Å². The van der Waals surface area contributed by atoms with Crippen molar-refractivity contribution in [2.75, 3.05) is 43.1 Å². The normalized spacial score (nSPS) is 27.3. The van der Waals surface area contributed by atoms with Gasteiger partial charge < -0.3 is 19.6 Å². The zero-order valence-corrected chi connectivity index (χ0v) is 14.8. The summed E-state index contributed by atoms with van der Waals surface area (Å²) in [6.45, 7) is 0.529. The summed E-state index contributed by atoms with van der Waals surface area (Å²) in [4.78, 5) is 15.3. The third kappa shape index (κ3) is 3.40. The number of anilines is 2. The standard InChI is InChI=1S/C15H20FN3O6S/c1-17-4-5-18(15(17)26(22,23)24)13-3-2-10(6-12(13)16)19-7-11(8-20)25-14(19)9-21/h2-3,6,9,11,14-15,20H,4-5,7-8H2,1H3,(H,22,23,24)/t11-,14?,15?/m1/s1. The van der Waals surface area contributed by atoms with E-state index in [9.17, 15) is 27.3 Å². The molecule has 144 valence electrons. The minimum Gasteiger partial charge on any atom is -0.394 e. The first kappa shape index (κ1) is 19.0. The van der Waals surface area contributed by atoms with Gasteiger partial charge in [-0.1, -0.05) is 0 Å². The van der Waals surface area contributed by atoms with Crippen LogP contribution in [0.1, 0.15) is 0 Å². The number of nitrogens with zero attached hydrogens (tertiary/aromatic N) is 3. The van der Waals surface area contributed by atoms with Crippen molar-refractivity contribution in [1.29, 1.82) is 0 Å². The highest BCUT2D eigenvalue weighted by molar-refractivity contribution is 7.86. The molecule has 9 nitrogen and oxygen atoms in total. The van der Waals surface area contributed by atoms with Gasteiger partial charge in [0.25, 0.3) is 0 Å². The van der Waals surface area contributed by atoms with Gasteiger partial charge in [0.05, 0.1) is 12.3 Å². The molecule has 0 amide bonds. The van der Waals surface area contributed by atoms with E-state index in [1.54, 1.807) is 0 Å². The first-order chi connectivity index (χ1) is 12.3. The summed E-state index contributed by atoms with van der Waals surface area (Å²) in [5, 5.41) is 9.18. The third-order valence-corrected chi connectivity index (χ3v) is 5.68. The Balaban J connectivity index is 1.90. The van der Waals surface area contributed by atoms with Gasteiger partial charge in [0.15, 0.2) is 12.5 Å². The van der Waals surface area contributed by atoms with Gasteiger partial charge in [0.2, 0.25) is 5.50 Å². The van der Waals surface area contributed by atoms with E-state index in [0.29, 0.717) is 18.5 Å². The van der Waals surface area contributed by atoms with Crippen molar-refractivity contribution < 1.29 is 32.0 Å². The van der Waals surface area contributed by atoms with Crippen molar-refractivity contribution in [3.8, 4) is 0 Å². The molecule has 2 aliphatic heterocycles. The van der Waals surface area contributed by atoms with Gasteiger partial charge in [0, 0.05) is 25.3 Å². The van der Waals surface area contributed by atoms with E-state index in [2.05, 4.69) is 0 Å². The van der Waals surface area contributed by atoms with Crippen LogP contribution in [-0.4, -0.2) is 80.4 Å². The van der Waals surface area contributed by atoms with E-state index in [-0.39, 0.29) is 25.4 Å². The molecule has 2 heterocycles. The monoisotopic (exact) mass is 389 g/mol. The van der Waals surface area contributed by atoms with E-state index < -0.39 is 33.8 Å². The van der Waals surface area contributed by atoms with Gasteiger partial charge in [-0.05, 0) is 25.2 Å². The number of carbonyl (C=O) groups is 1. The Bertz CT molecular complexity index is 792. The third-order valence-electron chi connectivity index (χ3n) is 4.54. The van der Waals surface area contributed by atoms with Crippen molar-refractivity contribution in [3.63, 3.8) is 0 Å². The van der Waals surface area contributed by atoms with Gasteiger partial charge in [-0.2, -0.15) is 8.42 Å². The molecule has 0 aromatic heterocycles. The van der Waals surface area contributed by atoms with E-state index in [0.717, 1.165) is 0 Å². The van der Waals surface area contributed by atoms with Crippen LogP contribution >= 0.6 is 0 Å². The van der Waals surface area contributed by atoms with Crippen LogP contribution in [0.3, 0.4) is 0 Å². The molecule has 0 saturated carbocycles. The number of hydrogen-bond acceptors (Lipinski definition) is 8. The fraction of sp³-hybridized carbons (Fsp3) is 0.533. The van der Waals surface area contributed by atoms with Crippen LogP contribution in [0.2, 0.25) is 0 Å². The highest BCUT2D eigenvalue weighted by atomic mass is 32.2. The molecule has 1 aromatic rings. The second-order valence-electron chi connectivity index (χ2n) is 6.27. The fourth-order valence-electron chi connectivity index (χ4n) is 3.35. The lowest BCUT2D eigenvalue weighted by atomic mass is 10.2. The Kier molecular flexibility index (Phi) is 5.17. The van der Waals surface area contributed by atoms with Crippen LogP contribution in [-0.2, 0) is 19.6 Å². The molecule has 0 bridgehead atoms. The Hall–Kier alpha value is -1.79. The number of hydrogen-bond donors (Lipinski definition) is 2. The van der Waals surface area contributed by atoms with Crippen molar-refractivity contribution in [1.82, 2.24) is 4.90 Å². The molecule has 0 spiro atoms. The quantitative estimate of drug-likeness (QED) is 0.507. The Morgan fingerprint density at radius 2 is 2.08 bits per heavy atom. The Labute approximate surface area is 150 Å². The summed E-state index contributed by atoms with van der Waals surface area (Å²) in [5.74, 6) is -0.691. The van der Waals surface area contributed by atoms with Crippen molar-refractivity contribution in [2.24, 2.45) is 0 Å². The van der Waals surface area contributed by atoms with Gasteiger partial charge in [-0.15, -0.1) is 0 Å². The van der Waals surface area contributed by atoms with E-state index in [1.165, 1.54) is 39.9 Å². The van der Waals surface area contributed by atoms with Crippen LogP contribution in [0.5, 0.6) is 0 Å². The van der Waals surface area contributed by atoms with Crippen molar-refractivity contribution in [3.05, 3.63) is 24.0 Å². The summed E-state index contributed by atoms with van der Waals surface area (Å²) in [5.41, 5.74) is -0.961. The first-order valence-electron chi connectivity index (χ1n) is 7.97. The number of ether oxygens (including phenoxy) is 1. The number of rotatable bonds is 5. The van der Waals surface area contributed by atoms with Gasteiger partial charge in [-0.25, -0.2) is 4.39 Å². The minimum atomic E-state index is -4.43. The van der Waals surface area contributed by atoms with E-state index in [4.69, 9.17) is 4.74 Å². The molecule has 0 aliphatic carbocycles. The molecular weight excluding hydrogens is 369 g/mol. The maximum atomic E-state index is 14.7. The topological polar surface area (TPSA) is 111 Å². The molecular formula is C15H20FN3O6S. The maximum Gasteiger partial charge on any atom is 0.300 e. The van der Waals surface area contributed by atoms with Crippen LogP contribution in [0.25, 0.3) is 0 Å². The molecule has 2 unspecified atom stereocenters. The second-order valence-corrected chi connectivity index (χ2v) is 7.72. The van der Waals surface area contributed by atoms with Crippen molar-refractivity contribution >= 4 is 27.8 Å². The van der Waals surface area contributed by atoms with E-state index in [1.807, 2.05) is 0 Å². The first-order valence-corrected chi connectivity index (χ1v) is 9.47. The summed E-state index contributed by atoms with van der Waals surface area (Å²) in [6, 6.07) is 4.11. The fourth-order valence-corrected chi connectivity index (χ4v) is 4.46. The van der Waals surface area contributed by atoms with Gasteiger partial charge in [-0.3, -0.25) is 14.2 Å². The summed E-state index contributed by atoms with van der Waals surface area (Å²) in [6.07, 6.45) is -0.921. The lowest BCUT2D eigenvalue weighted by Crippen LogP contribution is -2.43. The smallest absolute Gasteiger partial charge is 0.300 e. The van der Waals surface area contributed by atoms with Crippen LogP contribution < -0.4 is 9.80 Å².